The minimum atomic E-state index is -1.05. The molecule has 4 rings (SSSR count). The van der Waals surface area contributed by atoms with Crippen LogP contribution in [0.25, 0.3) is 10.8 Å². The average Bonchev–Trinajstić information content (AvgIpc) is 3.05. The summed E-state index contributed by atoms with van der Waals surface area (Å²) in [6.07, 6.45) is 1.03. The van der Waals surface area contributed by atoms with Gasteiger partial charge in [-0.25, -0.2) is 4.79 Å². The van der Waals surface area contributed by atoms with Crippen LogP contribution in [-0.2, 0) is 16.0 Å². The van der Waals surface area contributed by atoms with E-state index in [1.165, 1.54) is 0 Å². The predicted octanol–water partition coefficient (Wildman–Crippen LogP) is 3.97. The fourth-order valence-corrected chi connectivity index (χ4v) is 4.24. The van der Waals surface area contributed by atoms with Crippen molar-refractivity contribution < 1.29 is 19.1 Å². The van der Waals surface area contributed by atoms with E-state index in [9.17, 15) is 14.4 Å². The zero-order chi connectivity index (χ0) is 24.3. The van der Waals surface area contributed by atoms with E-state index in [0.29, 0.717) is 12.8 Å². The Kier molecular flexibility index (Phi) is 6.54. The standard InChI is InChI=1S/C27H29N3O4/c1-18(21-11-10-20-6-4-5-7-22(20)16-21)28-24(31)17-30-25(32)27(2,29-26(30)33)15-14-19-8-12-23(34-3)13-9-19/h4-13,16,18H,14-15,17H2,1-3H3,(H,28,31)(H,29,33). The fourth-order valence-electron chi connectivity index (χ4n) is 4.24. The molecule has 7 heteroatoms. The molecular formula is C27H29N3O4. The molecule has 0 saturated carbocycles. The van der Waals surface area contributed by atoms with Crippen molar-refractivity contribution in [3.8, 4) is 5.75 Å². The number of aryl methyl sites for hydroxylation is 1. The summed E-state index contributed by atoms with van der Waals surface area (Å²) in [5.74, 6) is -0.0154. The Morgan fingerprint density at radius 3 is 2.47 bits per heavy atom. The summed E-state index contributed by atoms with van der Waals surface area (Å²) >= 11 is 0. The van der Waals surface area contributed by atoms with Gasteiger partial charge in [-0.3, -0.25) is 14.5 Å². The first kappa shape index (κ1) is 23.3. The zero-order valence-electron chi connectivity index (χ0n) is 19.6. The maximum Gasteiger partial charge on any atom is 0.325 e. The second-order valence-corrected chi connectivity index (χ2v) is 8.90. The quantitative estimate of drug-likeness (QED) is 0.499. The van der Waals surface area contributed by atoms with Crippen LogP contribution in [0.3, 0.4) is 0 Å². The van der Waals surface area contributed by atoms with E-state index in [1.54, 1.807) is 14.0 Å². The summed E-state index contributed by atoms with van der Waals surface area (Å²) in [4.78, 5) is 39.3. The third-order valence-electron chi connectivity index (χ3n) is 6.37. The van der Waals surface area contributed by atoms with Crippen LogP contribution >= 0.6 is 0 Å². The topological polar surface area (TPSA) is 87.7 Å². The van der Waals surface area contributed by atoms with Crippen molar-refractivity contribution in [3.05, 3.63) is 77.9 Å². The average molecular weight is 460 g/mol. The van der Waals surface area contributed by atoms with E-state index in [4.69, 9.17) is 4.74 Å². The Balaban J connectivity index is 1.36. The molecule has 4 amide bonds. The maximum atomic E-state index is 13.0. The fraction of sp³-hybridized carbons (Fsp3) is 0.296. The highest BCUT2D eigenvalue weighted by molar-refractivity contribution is 6.08. The van der Waals surface area contributed by atoms with E-state index in [0.717, 1.165) is 32.5 Å². The van der Waals surface area contributed by atoms with E-state index in [1.807, 2.05) is 73.7 Å². The molecule has 2 unspecified atom stereocenters. The minimum Gasteiger partial charge on any atom is -0.497 e. The Morgan fingerprint density at radius 2 is 1.76 bits per heavy atom. The highest BCUT2D eigenvalue weighted by atomic mass is 16.5. The molecule has 2 N–H and O–H groups in total. The molecule has 1 fully saturated rings. The van der Waals surface area contributed by atoms with E-state index < -0.39 is 11.6 Å². The van der Waals surface area contributed by atoms with Crippen LogP contribution in [0.4, 0.5) is 4.79 Å². The Labute approximate surface area is 199 Å². The van der Waals surface area contributed by atoms with Gasteiger partial charge in [-0.1, -0.05) is 48.5 Å². The lowest BCUT2D eigenvalue weighted by atomic mass is 9.93. The van der Waals surface area contributed by atoms with Gasteiger partial charge >= 0.3 is 6.03 Å². The van der Waals surface area contributed by atoms with Crippen LogP contribution in [0.2, 0.25) is 0 Å². The molecule has 1 aliphatic heterocycles. The van der Waals surface area contributed by atoms with Gasteiger partial charge in [0.2, 0.25) is 5.91 Å². The lowest BCUT2D eigenvalue weighted by molar-refractivity contribution is -0.134. The van der Waals surface area contributed by atoms with Crippen molar-refractivity contribution >= 4 is 28.6 Å². The van der Waals surface area contributed by atoms with Crippen molar-refractivity contribution in [2.24, 2.45) is 0 Å². The molecule has 34 heavy (non-hydrogen) atoms. The number of ether oxygens (including phenoxy) is 1. The van der Waals surface area contributed by atoms with Gasteiger partial charge in [0.25, 0.3) is 5.91 Å². The van der Waals surface area contributed by atoms with Crippen molar-refractivity contribution in [1.82, 2.24) is 15.5 Å². The van der Waals surface area contributed by atoms with Crippen LogP contribution in [0.15, 0.2) is 66.7 Å². The third kappa shape index (κ3) is 4.88. The number of amides is 4. The molecule has 1 aliphatic rings. The number of carbonyl (C=O) groups excluding carboxylic acids is 3. The second-order valence-electron chi connectivity index (χ2n) is 8.90. The van der Waals surface area contributed by atoms with Crippen molar-refractivity contribution in [2.75, 3.05) is 13.7 Å². The number of imide groups is 1. The minimum absolute atomic E-state index is 0.265. The normalized spacial score (nSPS) is 18.6. The van der Waals surface area contributed by atoms with Gasteiger partial charge < -0.3 is 15.4 Å². The maximum absolute atomic E-state index is 13.0. The third-order valence-corrected chi connectivity index (χ3v) is 6.37. The van der Waals surface area contributed by atoms with Gasteiger partial charge in [0.1, 0.15) is 17.8 Å². The Morgan fingerprint density at radius 1 is 1.06 bits per heavy atom. The van der Waals surface area contributed by atoms with Gasteiger partial charge in [-0.15, -0.1) is 0 Å². The molecule has 0 aromatic heterocycles. The van der Waals surface area contributed by atoms with Crippen LogP contribution in [-0.4, -0.2) is 41.9 Å². The largest absolute Gasteiger partial charge is 0.497 e. The van der Waals surface area contributed by atoms with Crippen LogP contribution in [0.5, 0.6) is 5.75 Å². The van der Waals surface area contributed by atoms with Gasteiger partial charge in [0, 0.05) is 0 Å². The highest BCUT2D eigenvalue weighted by Crippen LogP contribution is 2.24. The first-order valence-corrected chi connectivity index (χ1v) is 11.3. The van der Waals surface area contributed by atoms with Crippen molar-refractivity contribution in [3.63, 3.8) is 0 Å². The number of methoxy groups -OCH3 is 1. The van der Waals surface area contributed by atoms with Crippen molar-refractivity contribution in [1.29, 1.82) is 0 Å². The number of urea groups is 1. The smallest absolute Gasteiger partial charge is 0.325 e. The molecule has 3 aromatic carbocycles. The summed E-state index contributed by atoms with van der Waals surface area (Å²) in [6.45, 7) is 3.26. The summed E-state index contributed by atoms with van der Waals surface area (Å²) < 4.78 is 5.17. The second kappa shape index (κ2) is 9.55. The van der Waals surface area contributed by atoms with Crippen LogP contribution in [0, 0.1) is 0 Å². The van der Waals surface area contributed by atoms with E-state index in [2.05, 4.69) is 10.6 Å². The first-order chi connectivity index (χ1) is 16.3. The first-order valence-electron chi connectivity index (χ1n) is 11.3. The number of hydrogen-bond donors (Lipinski definition) is 2. The van der Waals surface area contributed by atoms with Crippen molar-refractivity contribution in [2.45, 2.75) is 38.3 Å². The Bertz CT molecular complexity index is 1220. The van der Waals surface area contributed by atoms with Gasteiger partial charge in [0.05, 0.1) is 13.2 Å². The summed E-state index contributed by atoms with van der Waals surface area (Å²) in [7, 11) is 1.61. The molecule has 0 spiro atoms. The van der Waals surface area contributed by atoms with Crippen LogP contribution in [0.1, 0.15) is 37.4 Å². The number of carbonyl (C=O) groups is 3. The van der Waals surface area contributed by atoms with E-state index >= 15 is 0 Å². The molecule has 0 radical (unpaired) electrons. The number of rotatable bonds is 8. The monoisotopic (exact) mass is 459 g/mol. The molecular weight excluding hydrogens is 430 g/mol. The van der Waals surface area contributed by atoms with Gasteiger partial charge in [-0.05, 0) is 66.8 Å². The summed E-state index contributed by atoms with van der Waals surface area (Å²) in [6, 6.07) is 20.8. The molecule has 2 atom stereocenters. The summed E-state index contributed by atoms with van der Waals surface area (Å²) in [5, 5.41) is 7.88. The molecule has 176 valence electrons. The summed E-state index contributed by atoms with van der Waals surface area (Å²) in [5.41, 5.74) is 0.930. The SMILES string of the molecule is COc1ccc(CCC2(C)NC(=O)N(CC(=O)NC(C)c3ccc4ccccc4c3)C2=O)cc1. The lowest BCUT2D eigenvalue weighted by Gasteiger charge is -2.22. The van der Waals surface area contributed by atoms with E-state index in [-0.39, 0.29) is 24.4 Å². The van der Waals surface area contributed by atoms with Crippen LogP contribution < -0.4 is 15.4 Å². The van der Waals surface area contributed by atoms with Gasteiger partial charge in [0.15, 0.2) is 0 Å². The highest BCUT2D eigenvalue weighted by Gasteiger charge is 2.47. The lowest BCUT2D eigenvalue weighted by Crippen LogP contribution is -2.45. The zero-order valence-corrected chi connectivity index (χ0v) is 19.6. The molecule has 0 bridgehead atoms. The Hall–Kier alpha value is -3.87. The molecule has 0 aliphatic carbocycles. The number of benzene rings is 3. The number of fused-ring (bicyclic) bond motifs is 1. The number of hydrogen-bond acceptors (Lipinski definition) is 4. The number of nitrogens with one attached hydrogen (secondary N) is 2. The van der Waals surface area contributed by atoms with Gasteiger partial charge in [-0.2, -0.15) is 0 Å². The predicted molar refractivity (Wildman–Crippen MR) is 130 cm³/mol. The molecule has 7 nitrogen and oxygen atoms in total. The molecule has 3 aromatic rings. The number of nitrogens with zero attached hydrogens (tertiary/aromatic N) is 1. The molecule has 1 saturated heterocycles. The molecule has 1 heterocycles.